The highest BCUT2D eigenvalue weighted by Crippen LogP contribution is 2.19. The Kier molecular flexibility index (Phi) is 5.68. The molecule has 17 heavy (non-hydrogen) atoms. The van der Waals surface area contributed by atoms with Crippen molar-refractivity contribution in [1.82, 2.24) is 9.97 Å². The lowest BCUT2D eigenvalue weighted by atomic mass is 10.3. The van der Waals surface area contributed by atoms with Crippen LogP contribution in [0.1, 0.15) is 26.1 Å². The van der Waals surface area contributed by atoms with Crippen molar-refractivity contribution >= 4 is 21.7 Å². The van der Waals surface area contributed by atoms with E-state index in [0.717, 1.165) is 29.9 Å². The fraction of sp³-hybridized carbons (Fsp3) is 0.667. The monoisotopic (exact) mass is 301 g/mol. The second kappa shape index (κ2) is 6.79. The van der Waals surface area contributed by atoms with Crippen molar-refractivity contribution in [2.45, 2.75) is 33.2 Å². The van der Waals surface area contributed by atoms with Crippen LogP contribution in [0.15, 0.2) is 6.07 Å². The van der Waals surface area contributed by atoms with Crippen LogP contribution >= 0.6 is 15.9 Å². The summed E-state index contributed by atoms with van der Waals surface area (Å²) in [6.45, 7) is 7.19. The molecule has 4 nitrogen and oxygen atoms in total. The van der Waals surface area contributed by atoms with E-state index >= 15 is 0 Å². The molecule has 0 fully saturated rings. The van der Waals surface area contributed by atoms with E-state index in [1.807, 2.05) is 13.0 Å². The van der Waals surface area contributed by atoms with Crippen LogP contribution < -0.4 is 9.64 Å². The highest BCUT2D eigenvalue weighted by atomic mass is 79.9. The number of halogens is 1. The minimum absolute atomic E-state index is 0.410. The standard InChI is InChI=1S/C12H20BrN3O/c1-9(2)16(7-5-6-13)11-8-12(17-4)15-10(3)14-11/h8-9H,5-7H2,1-4H3. The molecule has 0 aliphatic rings. The Bertz CT molecular complexity index is 358. The summed E-state index contributed by atoms with van der Waals surface area (Å²) in [5.74, 6) is 2.30. The van der Waals surface area contributed by atoms with Crippen molar-refractivity contribution < 1.29 is 4.74 Å². The minimum atomic E-state index is 0.410. The fourth-order valence-corrected chi connectivity index (χ4v) is 1.90. The molecule has 0 amide bonds. The van der Waals surface area contributed by atoms with Crippen molar-refractivity contribution in [2.75, 3.05) is 23.9 Å². The number of aromatic nitrogens is 2. The maximum Gasteiger partial charge on any atom is 0.218 e. The number of nitrogens with zero attached hydrogens (tertiary/aromatic N) is 3. The lowest BCUT2D eigenvalue weighted by Crippen LogP contribution is -2.33. The average molecular weight is 302 g/mol. The van der Waals surface area contributed by atoms with E-state index in [1.165, 1.54) is 0 Å². The zero-order chi connectivity index (χ0) is 12.8. The molecule has 0 N–H and O–H groups in total. The van der Waals surface area contributed by atoms with Gasteiger partial charge in [0.2, 0.25) is 5.88 Å². The largest absolute Gasteiger partial charge is 0.481 e. The van der Waals surface area contributed by atoms with Gasteiger partial charge in [-0.3, -0.25) is 0 Å². The summed E-state index contributed by atoms with van der Waals surface area (Å²) >= 11 is 3.46. The van der Waals surface area contributed by atoms with Gasteiger partial charge >= 0.3 is 0 Å². The predicted molar refractivity (Wildman–Crippen MR) is 74.2 cm³/mol. The molecule has 1 heterocycles. The van der Waals surface area contributed by atoms with Crippen molar-refractivity contribution in [3.8, 4) is 5.88 Å². The lowest BCUT2D eigenvalue weighted by Gasteiger charge is -2.28. The highest BCUT2D eigenvalue weighted by Gasteiger charge is 2.13. The van der Waals surface area contributed by atoms with Crippen LogP contribution in [0.4, 0.5) is 5.82 Å². The van der Waals surface area contributed by atoms with Crippen molar-refractivity contribution in [3.63, 3.8) is 0 Å². The molecule has 0 saturated heterocycles. The molecule has 0 aliphatic carbocycles. The number of anilines is 1. The van der Waals surface area contributed by atoms with Gasteiger partial charge in [0.15, 0.2) is 0 Å². The normalized spacial score (nSPS) is 10.7. The number of methoxy groups -OCH3 is 1. The highest BCUT2D eigenvalue weighted by molar-refractivity contribution is 9.09. The molecule has 1 rings (SSSR count). The summed E-state index contributed by atoms with van der Waals surface area (Å²) in [7, 11) is 1.63. The smallest absolute Gasteiger partial charge is 0.218 e. The summed E-state index contributed by atoms with van der Waals surface area (Å²) in [5, 5.41) is 0.997. The van der Waals surface area contributed by atoms with E-state index in [2.05, 4.69) is 44.6 Å². The Labute approximate surface area is 112 Å². The van der Waals surface area contributed by atoms with Gasteiger partial charge < -0.3 is 9.64 Å². The third kappa shape index (κ3) is 4.15. The van der Waals surface area contributed by atoms with Gasteiger partial charge in [0.1, 0.15) is 11.6 Å². The van der Waals surface area contributed by atoms with E-state index in [4.69, 9.17) is 4.74 Å². The first-order valence-corrected chi connectivity index (χ1v) is 6.93. The zero-order valence-corrected chi connectivity index (χ0v) is 12.5. The molecule has 5 heteroatoms. The van der Waals surface area contributed by atoms with Gasteiger partial charge in [-0.15, -0.1) is 0 Å². The van der Waals surface area contributed by atoms with Gasteiger partial charge in [-0.2, -0.15) is 4.98 Å². The topological polar surface area (TPSA) is 38.2 Å². The van der Waals surface area contributed by atoms with Crippen molar-refractivity contribution in [2.24, 2.45) is 0 Å². The van der Waals surface area contributed by atoms with Gasteiger partial charge in [-0.1, -0.05) is 15.9 Å². The molecule has 1 aromatic heterocycles. The van der Waals surface area contributed by atoms with Crippen LogP contribution in [0.3, 0.4) is 0 Å². The van der Waals surface area contributed by atoms with Gasteiger partial charge in [0, 0.05) is 24.0 Å². The number of rotatable bonds is 6. The van der Waals surface area contributed by atoms with E-state index in [0.29, 0.717) is 11.9 Å². The van der Waals surface area contributed by atoms with Crippen LogP contribution in [-0.2, 0) is 0 Å². The summed E-state index contributed by atoms with van der Waals surface area (Å²) < 4.78 is 5.18. The van der Waals surface area contributed by atoms with Crippen LogP contribution in [0.2, 0.25) is 0 Å². The maximum atomic E-state index is 5.18. The van der Waals surface area contributed by atoms with E-state index in [-0.39, 0.29) is 0 Å². The molecule has 96 valence electrons. The van der Waals surface area contributed by atoms with Crippen LogP contribution in [0, 0.1) is 6.92 Å². The Hall–Kier alpha value is -0.840. The van der Waals surface area contributed by atoms with E-state index in [1.54, 1.807) is 7.11 Å². The van der Waals surface area contributed by atoms with Crippen molar-refractivity contribution in [1.29, 1.82) is 0 Å². The maximum absolute atomic E-state index is 5.18. The second-order valence-electron chi connectivity index (χ2n) is 4.15. The van der Waals surface area contributed by atoms with Crippen LogP contribution in [-0.4, -0.2) is 35.0 Å². The first kappa shape index (κ1) is 14.2. The van der Waals surface area contributed by atoms with E-state index < -0.39 is 0 Å². The number of alkyl halides is 1. The Morgan fingerprint density at radius 3 is 2.65 bits per heavy atom. The van der Waals surface area contributed by atoms with Crippen molar-refractivity contribution in [3.05, 3.63) is 11.9 Å². The summed E-state index contributed by atoms with van der Waals surface area (Å²) in [6, 6.07) is 2.30. The predicted octanol–water partition coefficient (Wildman–Crippen LogP) is 2.79. The van der Waals surface area contributed by atoms with E-state index in [9.17, 15) is 0 Å². The van der Waals surface area contributed by atoms with Gasteiger partial charge in [0.25, 0.3) is 0 Å². The van der Waals surface area contributed by atoms with Crippen LogP contribution in [0.5, 0.6) is 5.88 Å². The van der Waals surface area contributed by atoms with Gasteiger partial charge in [-0.25, -0.2) is 4.98 Å². The average Bonchev–Trinajstić information content (AvgIpc) is 2.28. The van der Waals surface area contributed by atoms with Crippen LogP contribution in [0.25, 0.3) is 0 Å². The number of hydrogen-bond donors (Lipinski definition) is 0. The molecule has 0 radical (unpaired) electrons. The Morgan fingerprint density at radius 2 is 2.12 bits per heavy atom. The minimum Gasteiger partial charge on any atom is -0.481 e. The molecule has 0 bridgehead atoms. The first-order chi connectivity index (χ1) is 8.08. The molecular formula is C12H20BrN3O. The van der Waals surface area contributed by atoms with Gasteiger partial charge in [-0.05, 0) is 27.2 Å². The molecule has 1 aromatic rings. The summed E-state index contributed by atoms with van der Waals surface area (Å²) in [4.78, 5) is 10.9. The fourth-order valence-electron chi connectivity index (χ4n) is 1.64. The quantitative estimate of drug-likeness (QED) is 0.757. The molecule has 0 aliphatic heterocycles. The molecule has 0 unspecified atom stereocenters. The third-order valence-corrected chi connectivity index (χ3v) is 3.02. The molecule has 0 saturated carbocycles. The zero-order valence-electron chi connectivity index (χ0n) is 10.9. The Morgan fingerprint density at radius 1 is 1.41 bits per heavy atom. The third-order valence-electron chi connectivity index (χ3n) is 2.46. The molecule has 0 spiro atoms. The number of hydrogen-bond acceptors (Lipinski definition) is 4. The molecular weight excluding hydrogens is 282 g/mol. The SMILES string of the molecule is COc1cc(N(CCCBr)C(C)C)nc(C)n1. The molecule has 0 atom stereocenters. The summed E-state index contributed by atoms with van der Waals surface area (Å²) in [6.07, 6.45) is 1.09. The summed E-state index contributed by atoms with van der Waals surface area (Å²) in [5.41, 5.74) is 0. The Balaban J connectivity index is 2.96. The first-order valence-electron chi connectivity index (χ1n) is 5.80. The van der Waals surface area contributed by atoms with Gasteiger partial charge in [0.05, 0.1) is 7.11 Å². The molecule has 0 aromatic carbocycles. The number of aryl methyl sites for hydroxylation is 1. The number of ether oxygens (including phenoxy) is 1. The lowest BCUT2D eigenvalue weighted by molar-refractivity contribution is 0.395. The second-order valence-corrected chi connectivity index (χ2v) is 4.94.